The minimum absolute atomic E-state index is 0.202. The zero-order chi connectivity index (χ0) is 23.0. The third-order valence-electron chi connectivity index (χ3n) is 4.70. The lowest BCUT2D eigenvalue weighted by molar-refractivity contribution is -0.385. The topological polar surface area (TPSA) is 195 Å². The van der Waals surface area contributed by atoms with Gasteiger partial charge in [0.2, 0.25) is 0 Å². The van der Waals surface area contributed by atoms with Gasteiger partial charge in [-0.15, -0.1) is 0 Å². The molecule has 2 aromatic rings. The van der Waals surface area contributed by atoms with Crippen LogP contribution in [0.3, 0.4) is 0 Å². The molecule has 30 heavy (non-hydrogen) atoms. The summed E-state index contributed by atoms with van der Waals surface area (Å²) in [5.41, 5.74) is -1.37. The maximum absolute atomic E-state index is 11.7. The molecule has 2 aromatic carbocycles. The zero-order valence-corrected chi connectivity index (χ0v) is 17.1. The third-order valence-corrected chi connectivity index (χ3v) is 6.55. The molecule has 2 rings (SSSR count). The first-order valence-electron chi connectivity index (χ1n) is 8.16. The summed E-state index contributed by atoms with van der Waals surface area (Å²) in [6.07, 6.45) is 0. The van der Waals surface area contributed by atoms with Crippen LogP contribution in [0.1, 0.15) is 36.8 Å². The van der Waals surface area contributed by atoms with Crippen molar-refractivity contribution >= 4 is 31.6 Å². The van der Waals surface area contributed by atoms with Crippen LogP contribution in [0.2, 0.25) is 0 Å². The Balaban J connectivity index is 2.75. The highest BCUT2D eigenvalue weighted by atomic mass is 32.2. The molecule has 14 heteroatoms. The summed E-state index contributed by atoms with van der Waals surface area (Å²) in [6, 6.07) is 5.25. The molecule has 0 fully saturated rings. The fraction of sp³-hybridized carbons (Fsp3) is 0.250. The van der Waals surface area contributed by atoms with Crippen molar-refractivity contribution in [3.8, 4) is 0 Å². The van der Waals surface area contributed by atoms with Gasteiger partial charge in [0.25, 0.3) is 31.6 Å². The van der Waals surface area contributed by atoms with Crippen LogP contribution in [0.4, 0.5) is 11.4 Å². The first-order chi connectivity index (χ1) is 13.6. The first-order valence-corrected chi connectivity index (χ1v) is 11.0. The van der Waals surface area contributed by atoms with E-state index in [4.69, 9.17) is 0 Å². The summed E-state index contributed by atoms with van der Waals surface area (Å²) in [5, 5.41) is 22.2. The summed E-state index contributed by atoms with van der Waals surface area (Å²) in [5.74, 6) is -1.96. The smallest absolute Gasteiger partial charge is 0.282 e. The Morgan fingerprint density at radius 1 is 0.733 bits per heavy atom. The van der Waals surface area contributed by atoms with E-state index in [0.717, 1.165) is 36.4 Å². The molecule has 0 aromatic heterocycles. The first kappa shape index (κ1) is 23.3. The van der Waals surface area contributed by atoms with Gasteiger partial charge in [0.05, 0.1) is 19.6 Å². The van der Waals surface area contributed by atoms with Crippen LogP contribution < -0.4 is 0 Å². The number of nitro benzene ring substituents is 2. The van der Waals surface area contributed by atoms with Crippen molar-refractivity contribution in [3.05, 3.63) is 67.8 Å². The van der Waals surface area contributed by atoms with Crippen LogP contribution in [0, 0.1) is 20.2 Å². The van der Waals surface area contributed by atoms with Crippen LogP contribution in [0.5, 0.6) is 0 Å². The van der Waals surface area contributed by atoms with E-state index < -0.39 is 63.1 Å². The molecular weight excluding hydrogens is 444 g/mol. The fourth-order valence-electron chi connectivity index (χ4n) is 3.02. The average Bonchev–Trinajstić information content (AvgIpc) is 2.64. The standard InChI is InChI=1S/C16H16N2O10S2/c1-9(13-7-11(17(19)20)3-5-15(13)29(23,24)25)10(2)14-8-12(18(21)22)4-6-16(14)30(26,27)28/h3-10H,1-2H3,(H,23,24,25)(H,26,27,28). The van der Waals surface area contributed by atoms with Gasteiger partial charge in [0.1, 0.15) is 0 Å². The molecule has 0 saturated heterocycles. The zero-order valence-electron chi connectivity index (χ0n) is 15.5. The molecule has 2 N–H and O–H groups in total. The van der Waals surface area contributed by atoms with E-state index in [0.29, 0.717) is 0 Å². The van der Waals surface area contributed by atoms with Crippen LogP contribution >= 0.6 is 0 Å². The van der Waals surface area contributed by atoms with Gasteiger partial charge in [-0.05, 0) is 35.1 Å². The minimum atomic E-state index is -4.80. The van der Waals surface area contributed by atoms with Gasteiger partial charge >= 0.3 is 0 Å². The molecule has 0 heterocycles. The second-order valence-corrected chi connectivity index (χ2v) is 9.27. The molecule has 2 atom stereocenters. The largest absolute Gasteiger partial charge is 0.294 e. The van der Waals surface area contributed by atoms with Gasteiger partial charge in [0, 0.05) is 24.3 Å². The van der Waals surface area contributed by atoms with Crippen molar-refractivity contribution in [3.63, 3.8) is 0 Å². The van der Waals surface area contributed by atoms with Gasteiger partial charge in [-0.2, -0.15) is 16.8 Å². The Kier molecular flexibility index (Phi) is 6.27. The van der Waals surface area contributed by atoms with Crippen molar-refractivity contribution in [2.24, 2.45) is 0 Å². The Morgan fingerprint density at radius 2 is 1.03 bits per heavy atom. The van der Waals surface area contributed by atoms with Gasteiger partial charge in [0.15, 0.2) is 0 Å². The van der Waals surface area contributed by atoms with Crippen molar-refractivity contribution in [1.82, 2.24) is 0 Å². The maximum atomic E-state index is 11.7. The van der Waals surface area contributed by atoms with E-state index in [-0.39, 0.29) is 11.1 Å². The number of nitrogens with zero attached hydrogens (tertiary/aromatic N) is 2. The second kappa shape index (κ2) is 8.06. The SMILES string of the molecule is CC(c1cc([N+](=O)[O-])ccc1S(=O)(=O)O)C(C)c1cc([N+](=O)[O-])ccc1S(=O)(=O)O. The molecule has 0 amide bonds. The summed E-state index contributed by atoms with van der Waals surface area (Å²) in [6.45, 7) is 2.79. The third kappa shape index (κ3) is 4.79. The van der Waals surface area contributed by atoms with E-state index in [9.17, 15) is 46.2 Å². The molecule has 0 spiro atoms. The second-order valence-electron chi connectivity index (χ2n) is 6.49. The molecule has 0 bridgehead atoms. The summed E-state index contributed by atoms with van der Waals surface area (Å²) in [7, 11) is -9.59. The van der Waals surface area contributed by atoms with E-state index in [1.807, 2.05) is 0 Å². The number of hydrogen-bond acceptors (Lipinski definition) is 8. The highest BCUT2D eigenvalue weighted by molar-refractivity contribution is 7.86. The minimum Gasteiger partial charge on any atom is -0.282 e. The molecule has 2 unspecified atom stereocenters. The van der Waals surface area contributed by atoms with Crippen molar-refractivity contribution in [1.29, 1.82) is 0 Å². The molecule has 0 aliphatic carbocycles. The van der Waals surface area contributed by atoms with Crippen molar-refractivity contribution in [2.45, 2.75) is 35.5 Å². The molecule has 0 radical (unpaired) electrons. The van der Waals surface area contributed by atoms with Crippen LogP contribution in [0.25, 0.3) is 0 Å². The lowest BCUT2D eigenvalue weighted by Crippen LogP contribution is -2.14. The Bertz CT molecular complexity index is 1140. The van der Waals surface area contributed by atoms with Gasteiger partial charge in [-0.25, -0.2) is 0 Å². The molecule has 0 saturated carbocycles. The van der Waals surface area contributed by atoms with Crippen LogP contribution in [0.15, 0.2) is 46.2 Å². The summed E-state index contributed by atoms with van der Waals surface area (Å²) >= 11 is 0. The molecular formula is C16H16N2O10S2. The van der Waals surface area contributed by atoms with Crippen molar-refractivity contribution in [2.75, 3.05) is 0 Å². The maximum Gasteiger partial charge on any atom is 0.294 e. The van der Waals surface area contributed by atoms with E-state index in [1.165, 1.54) is 13.8 Å². The number of nitro groups is 2. The van der Waals surface area contributed by atoms with E-state index in [1.54, 1.807) is 0 Å². The average molecular weight is 460 g/mol. The fourth-order valence-corrected chi connectivity index (χ4v) is 4.58. The monoisotopic (exact) mass is 460 g/mol. The van der Waals surface area contributed by atoms with E-state index in [2.05, 4.69) is 0 Å². The van der Waals surface area contributed by atoms with Crippen molar-refractivity contribution < 1.29 is 35.8 Å². The Morgan fingerprint density at radius 3 is 1.27 bits per heavy atom. The Hall–Kier alpha value is -2.94. The van der Waals surface area contributed by atoms with Gasteiger partial charge in [-0.1, -0.05) is 13.8 Å². The summed E-state index contributed by atoms with van der Waals surface area (Å²) < 4.78 is 65.9. The lowest BCUT2D eigenvalue weighted by atomic mass is 9.83. The highest BCUT2D eigenvalue weighted by Gasteiger charge is 2.30. The molecule has 12 nitrogen and oxygen atoms in total. The summed E-state index contributed by atoms with van der Waals surface area (Å²) in [4.78, 5) is 19.3. The number of rotatable bonds is 7. The number of hydrogen-bond donors (Lipinski definition) is 2. The molecule has 0 aliphatic rings. The van der Waals surface area contributed by atoms with E-state index >= 15 is 0 Å². The quantitative estimate of drug-likeness (QED) is 0.352. The highest BCUT2D eigenvalue weighted by Crippen LogP contribution is 2.40. The normalized spacial score (nSPS) is 14.1. The molecule has 162 valence electrons. The predicted molar refractivity (Wildman–Crippen MR) is 103 cm³/mol. The Labute approximate surface area is 171 Å². The van der Waals surface area contributed by atoms with Crippen LogP contribution in [-0.4, -0.2) is 35.8 Å². The van der Waals surface area contributed by atoms with Gasteiger partial charge in [-0.3, -0.25) is 29.3 Å². The molecule has 0 aliphatic heterocycles. The number of non-ortho nitro benzene ring substituents is 2. The lowest BCUT2D eigenvalue weighted by Gasteiger charge is -2.23. The predicted octanol–water partition coefficient (Wildman–Crippen LogP) is 2.90. The van der Waals surface area contributed by atoms with Crippen LogP contribution in [-0.2, 0) is 20.2 Å². The van der Waals surface area contributed by atoms with Gasteiger partial charge < -0.3 is 0 Å². The number of benzene rings is 2.